The highest BCUT2D eigenvalue weighted by Gasteiger charge is 2.40. The van der Waals surface area contributed by atoms with Gasteiger partial charge < -0.3 is 10.1 Å². The first-order valence-corrected chi connectivity index (χ1v) is 12.2. The Balaban J connectivity index is 1.39. The van der Waals surface area contributed by atoms with Gasteiger partial charge in [0, 0.05) is 24.1 Å². The van der Waals surface area contributed by atoms with Gasteiger partial charge in [0.15, 0.2) is 5.17 Å². The fourth-order valence-corrected chi connectivity index (χ4v) is 5.37. The van der Waals surface area contributed by atoms with E-state index in [4.69, 9.17) is 9.73 Å². The van der Waals surface area contributed by atoms with E-state index in [0.717, 1.165) is 29.3 Å². The summed E-state index contributed by atoms with van der Waals surface area (Å²) in [6.45, 7) is 1.12. The van der Waals surface area contributed by atoms with Gasteiger partial charge in [-0.1, -0.05) is 48.2 Å². The highest BCUT2D eigenvalue weighted by atomic mass is 32.2. The Bertz CT molecular complexity index is 1240. The van der Waals surface area contributed by atoms with Crippen LogP contribution in [-0.2, 0) is 14.3 Å². The van der Waals surface area contributed by atoms with Crippen LogP contribution in [0.4, 0.5) is 15.8 Å². The molecule has 1 N–H and O–H groups in total. The minimum atomic E-state index is -0.587. The first kappa shape index (κ1) is 22.6. The zero-order chi connectivity index (χ0) is 23.5. The highest BCUT2D eigenvalue weighted by Crippen LogP contribution is 2.35. The molecule has 0 saturated carbocycles. The van der Waals surface area contributed by atoms with E-state index in [1.54, 1.807) is 4.90 Å². The molecule has 0 aromatic heterocycles. The smallest absolute Gasteiger partial charge is 0.242 e. The summed E-state index contributed by atoms with van der Waals surface area (Å²) in [7, 11) is 0. The van der Waals surface area contributed by atoms with Crippen LogP contribution < -0.4 is 5.32 Å². The number of carbonyl (C=O) groups is 2. The van der Waals surface area contributed by atoms with Crippen molar-refractivity contribution in [1.29, 1.82) is 0 Å². The predicted octanol–water partition coefficient (Wildman–Crippen LogP) is 5.12. The van der Waals surface area contributed by atoms with Crippen LogP contribution in [0.5, 0.6) is 0 Å². The topological polar surface area (TPSA) is 71.0 Å². The number of hydrogen-bond acceptors (Lipinski definition) is 5. The predicted molar refractivity (Wildman–Crippen MR) is 133 cm³/mol. The zero-order valence-corrected chi connectivity index (χ0v) is 19.3. The molecule has 2 fully saturated rings. The van der Waals surface area contributed by atoms with Crippen LogP contribution in [0.3, 0.4) is 0 Å². The summed E-state index contributed by atoms with van der Waals surface area (Å²) in [6, 6.07) is 19.4. The van der Waals surface area contributed by atoms with Crippen molar-refractivity contribution in [3.05, 3.63) is 72.5 Å². The van der Waals surface area contributed by atoms with Crippen molar-refractivity contribution in [3.8, 4) is 0 Å². The molecule has 2 unspecified atom stereocenters. The quantitative estimate of drug-likeness (QED) is 0.535. The zero-order valence-electron chi connectivity index (χ0n) is 18.4. The fraction of sp³-hybridized carbons (Fsp3) is 0.269. The maximum atomic E-state index is 13.3. The number of thioether (sulfide) groups is 1. The van der Waals surface area contributed by atoms with Gasteiger partial charge in [-0.3, -0.25) is 14.5 Å². The molecule has 0 aliphatic carbocycles. The van der Waals surface area contributed by atoms with Crippen molar-refractivity contribution < 1.29 is 18.7 Å². The van der Waals surface area contributed by atoms with E-state index in [-0.39, 0.29) is 30.2 Å². The number of fused-ring (bicyclic) bond motifs is 1. The van der Waals surface area contributed by atoms with E-state index in [1.165, 1.54) is 36.0 Å². The summed E-state index contributed by atoms with van der Waals surface area (Å²) < 4.78 is 18.9. The van der Waals surface area contributed by atoms with Crippen molar-refractivity contribution in [3.63, 3.8) is 0 Å². The molecule has 34 heavy (non-hydrogen) atoms. The molecule has 2 saturated heterocycles. The Labute approximate surface area is 201 Å². The number of aliphatic imine (C=N–C) groups is 1. The normalized spacial score (nSPS) is 21.5. The third-order valence-electron chi connectivity index (χ3n) is 5.91. The molecule has 3 aromatic rings. The highest BCUT2D eigenvalue weighted by molar-refractivity contribution is 8.15. The second-order valence-electron chi connectivity index (χ2n) is 8.34. The molecule has 0 spiro atoms. The van der Waals surface area contributed by atoms with Gasteiger partial charge in [-0.05, 0) is 48.6 Å². The number of halogens is 1. The van der Waals surface area contributed by atoms with Crippen molar-refractivity contribution in [2.75, 3.05) is 18.5 Å². The summed E-state index contributed by atoms with van der Waals surface area (Å²) in [5.41, 5.74) is 1.27. The lowest BCUT2D eigenvalue weighted by molar-refractivity contribution is -0.129. The van der Waals surface area contributed by atoms with Gasteiger partial charge in [-0.2, -0.15) is 0 Å². The fourth-order valence-electron chi connectivity index (χ4n) is 4.21. The third kappa shape index (κ3) is 4.98. The summed E-state index contributed by atoms with van der Waals surface area (Å²) in [5.74, 6) is -0.826. The van der Waals surface area contributed by atoms with Crippen LogP contribution in [0.2, 0.25) is 0 Å². The third-order valence-corrected chi connectivity index (χ3v) is 7.09. The number of rotatable bonds is 6. The van der Waals surface area contributed by atoms with Crippen molar-refractivity contribution in [2.45, 2.75) is 30.6 Å². The SMILES string of the molecule is O=C(CC1SC(=Nc2cccc3ccccc23)N(CC2CCCO2)C1=O)Nc1ccc(F)cc1. The second-order valence-corrected chi connectivity index (χ2v) is 9.51. The van der Waals surface area contributed by atoms with E-state index >= 15 is 0 Å². The molecular weight excluding hydrogens is 453 g/mol. The maximum Gasteiger partial charge on any atom is 0.242 e. The summed E-state index contributed by atoms with van der Waals surface area (Å²) in [6.07, 6.45) is 1.83. The molecule has 174 valence electrons. The van der Waals surface area contributed by atoms with E-state index in [1.807, 2.05) is 42.5 Å². The van der Waals surface area contributed by atoms with Gasteiger partial charge in [-0.25, -0.2) is 9.38 Å². The summed E-state index contributed by atoms with van der Waals surface area (Å²) in [5, 5.41) is 4.80. The van der Waals surface area contributed by atoms with E-state index in [0.29, 0.717) is 24.0 Å². The molecule has 6 nitrogen and oxygen atoms in total. The number of nitrogens with zero attached hydrogens (tertiary/aromatic N) is 2. The first-order chi connectivity index (χ1) is 16.6. The average Bonchev–Trinajstić information content (AvgIpc) is 3.45. The largest absolute Gasteiger partial charge is 0.376 e. The lowest BCUT2D eigenvalue weighted by Crippen LogP contribution is -2.38. The van der Waals surface area contributed by atoms with E-state index in [2.05, 4.69) is 5.32 Å². The van der Waals surface area contributed by atoms with Crippen LogP contribution in [0.1, 0.15) is 19.3 Å². The van der Waals surface area contributed by atoms with Crippen molar-refractivity contribution in [1.82, 2.24) is 4.90 Å². The molecule has 2 atom stereocenters. The van der Waals surface area contributed by atoms with Crippen LogP contribution >= 0.6 is 11.8 Å². The number of nitrogens with one attached hydrogen (secondary N) is 1. The number of amidine groups is 1. The van der Waals surface area contributed by atoms with Gasteiger partial charge in [0.05, 0.1) is 18.3 Å². The van der Waals surface area contributed by atoms with Gasteiger partial charge in [0.2, 0.25) is 11.8 Å². The van der Waals surface area contributed by atoms with Gasteiger partial charge in [0.25, 0.3) is 0 Å². The van der Waals surface area contributed by atoms with Crippen LogP contribution in [0, 0.1) is 5.82 Å². The van der Waals surface area contributed by atoms with Gasteiger partial charge >= 0.3 is 0 Å². The number of amides is 2. The van der Waals surface area contributed by atoms with E-state index in [9.17, 15) is 14.0 Å². The molecule has 0 radical (unpaired) electrons. The minimum Gasteiger partial charge on any atom is -0.376 e. The lowest BCUT2D eigenvalue weighted by atomic mass is 10.1. The number of ether oxygens (including phenoxy) is 1. The number of anilines is 1. The lowest BCUT2D eigenvalue weighted by Gasteiger charge is -2.20. The minimum absolute atomic E-state index is 0.00252. The number of hydrogen-bond donors (Lipinski definition) is 1. The Kier molecular flexibility index (Phi) is 6.60. The van der Waals surface area contributed by atoms with Crippen LogP contribution in [0.15, 0.2) is 71.7 Å². The van der Waals surface area contributed by atoms with Crippen LogP contribution in [-0.4, -0.2) is 46.4 Å². The first-order valence-electron chi connectivity index (χ1n) is 11.3. The average molecular weight is 478 g/mol. The molecule has 2 aliphatic rings. The molecule has 2 amide bonds. The Morgan fingerprint density at radius 1 is 1.12 bits per heavy atom. The standard InChI is InChI=1S/C26H24FN3O3S/c27-18-10-12-19(13-11-18)28-24(31)15-23-25(32)30(16-20-7-4-14-33-20)26(34-23)29-22-9-3-6-17-5-1-2-8-21(17)22/h1-3,5-6,8-13,20,23H,4,7,14-16H2,(H,28,31). The monoisotopic (exact) mass is 477 g/mol. The molecule has 0 bridgehead atoms. The second kappa shape index (κ2) is 9.95. The molecule has 5 rings (SSSR count). The molecule has 8 heteroatoms. The summed E-state index contributed by atoms with van der Waals surface area (Å²) in [4.78, 5) is 32.5. The van der Waals surface area contributed by atoms with Gasteiger partial charge in [-0.15, -0.1) is 0 Å². The molecular formula is C26H24FN3O3S. The molecule has 2 heterocycles. The summed E-state index contributed by atoms with van der Waals surface area (Å²) >= 11 is 1.30. The Morgan fingerprint density at radius 2 is 1.91 bits per heavy atom. The van der Waals surface area contributed by atoms with Crippen molar-refractivity contribution >= 4 is 50.9 Å². The Hall–Kier alpha value is -3.23. The maximum absolute atomic E-state index is 13.3. The van der Waals surface area contributed by atoms with E-state index < -0.39 is 5.25 Å². The molecule has 2 aliphatic heterocycles. The van der Waals surface area contributed by atoms with Crippen LogP contribution in [0.25, 0.3) is 10.8 Å². The number of carbonyl (C=O) groups excluding carboxylic acids is 2. The molecule has 3 aromatic carbocycles. The number of benzene rings is 3. The Morgan fingerprint density at radius 3 is 2.71 bits per heavy atom. The van der Waals surface area contributed by atoms with Crippen molar-refractivity contribution in [2.24, 2.45) is 4.99 Å². The van der Waals surface area contributed by atoms with Gasteiger partial charge in [0.1, 0.15) is 11.1 Å².